The number of nitrogens with zero attached hydrogens (tertiary/aromatic N) is 2. The number of nitrogens with one attached hydrogen (secondary N) is 2. The Balaban J connectivity index is 1.50. The van der Waals surface area contributed by atoms with Gasteiger partial charge in [-0.25, -0.2) is 4.98 Å². The van der Waals surface area contributed by atoms with Gasteiger partial charge in [-0.05, 0) is 67.8 Å². The lowest BCUT2D eigenvalue weighted by atomic mass is 10.1. The SMILES string of the molecule is Cc1cc2nc(CCNC(=O)c3c(C)c4cc(Cl)ccc4n3C)[nH]c2cc1C. The Labute approximate surface area is 168 Å². The molecule has 0 aliphatic heterocycles. The number of aromatic amines is 1. The summed E-state index contributed by atoms with van der Waals surface area (Å²) in [5.74, 6) is 0.788. The number of carbonyl (C=O) groups excluding carboxylic acids is 1. The van der Waals surface area contributed by atoms with E-state index in [0.717, 1.165) is 33.3 Å². The Kier molecular flexibility index (Phi) is 4.63. The summed E-state index contributed by atoms with van der Waals surface area (Å²) in [6.45, 7) is 6.65. The van der Waals surface area contributed by atoms with Crippen molar-refractivity contribution < 1.29 is 4.79 Å². The highest BCUT2D eigenvalue weighted by molar-refractivity contribution is 6.31. The van der Waals surface area contributed by atoms with Gasteiger partial charge in [-0.15, -0.1) is 0 Å². The van der Waals surface area contributed by atoms with E-state index in [1.165, 1.54) is 11.1 Å². The van der Waals surface area contributed by atoms with Crippen LogP contribution in [0.5, 0.6) is 0 Å². The van der Waals surface area contributed by atoms with Gasteiger partial charge in [-0.3, -0.25) is 4.79 Å². The smallest absolute Gasteiger partial charge is 0.268 e. The van der Waals surface area contributed by atoms with E-state index in [4.69, 9.17) is 11.6 Å². The van der Waals surface area contributed by atoms with Gasteiger partial charge in [0.25, 0.3) is 5.91 Å². The number of rotatable bonds is 4. The van der Waals surface area contributed by atoms with Crippen LogP contribution in [0.25, 0.3) is 21.9 Å². The van der Waals surface area contributed by atoms with E-state index < -0.39 is 0 Å². The van der Waals surface area contributed by atoms with Gasteiger partial charge in [0.1, 0.15) is 11.5 Å². The topological polar surface area (TPSA) is 62.7 Å². The van der Waals surface area contributed by atoms with Crippen LogP contribution < -0.4 is 5.32 Å². The molecular weight excluding hydrogens is 372 g/mol. The summed E-state index contributed by atoms with van der Waals surface area (Å²) in [6, 6.07) is 9.90. The average molecular weight is 395 g/mol. The number of halogens is 1. The predicted molar refractivity (Wildman–Crippen MR) is 114 cm³/mol. The number of amides is 1. The van der Waals surface area contributed by atoms with Gasteiger partial charge in [0.2, 0.25) is 0 Å². The van der Waals surface area contributed by atoms with Crippen LogP contribution in [0.2, 0.25) is 5.02 Å². The zero-order valence-electron chi connectivity index (χ0n) is 16.5. The number of hydrogen-bond donors (Lipinski definition) is 2. The maximum Gasteiger partial charge on any atom is 0.268 e. The van der Waals surface area contributed by atoms with Gasteiger partial charge in [0.15, 0.2) is 0 Å². The van der Waals surface area contributed by atoms with Gasteiger partial charge in [0, 0.05) is 35.9 Å². The predicted octanol–water partition coefficient (Wildman–Crippen LogP) is 4.61. The van der Waals surface area contributed by atoms with E-state index >= 15 is 0 Å². The highest BCUT2D eigenvalue weighted by atomic mass is 35.5. The normalized spacial score (nSPS) is 11.5. The molecule has 2 N–H and O–H groups in total. The van der Waals surface area contributed by atoms with E-state index in [-0.39, 0.29) is 5.91 Å². The number of fused-ring (bicyclic) bond motifs is 2. The van der Waals surface area contributed by atoms with Crippen LogP contribution in [0, 0.1) is 20.8 Å². The van der Waals surface area contributed by atoms with Crippen molar-refractivity contribution in [3.05, 3.63) is 63.6 Å². The third-order valence-corrected chi connectivity index (χ3v) is 5.66. The fourth-order valence-electron chi connectivity index (χ4n) is 3.74. The molecule has 0 aliphatic carbocycles. The van der Waals surface area contributed by atoms with E-state index in [0.29, 0.717) is 23.7 Å². The molecule has 4 aromatic rings. The molecule has 0 radical (unpaired) electrons. The molecule has 5 nitrogen and oxygen atoms in total. The lowest BCUT2D eigenvalue weighted by Crippen LogP contribution is -2.28. The Morgan fingerprint density at radius 2 is 1.93 bits per heavy atom. The second kappa shape index (κ2) is 6.99. The minimum absolute atomic E-state index is 0.0878. The van der Waals surface area contributed by atoms with Crippen LogP contribution in [0.3, 0.4) is 0 Å². The van der Waals surface area contributed by atoms with Gasteiger partial charge >= 0.3 is 0 Å². The Morgan fingerprint density at radius 1 is 1.18 bits per heavy atom. The quantitative estimate of drug-likeness (QED) is 0.531. The third kappa shape index (κ3) is 3.16. The zero-order chi connectivity index (χ0) is 20.0. The number of imidazole rings is 1. The molecule has 2 aromatic carbocycles. The summed E-state index contributed by atoms with van der Waals surface area (Å²) in [5, 5.41) is 4.69. The molecule has 0 fully saturated rings. The molecule has 0 saturated heterocycles. The highest BCUT2D eigenvalue weighted by Crippen LogP contribution is 2.27. The number of benzene rings is 2. The zero-order valence-corrected chi connectivity index (χ0v) is 17.2. The van der Waals surface area contributed by atoms with Crippen LogP contribution in [-0.4, -0.2) is 27.0 Å². The van der Waals surface area contributed by atoms with Crippen molar-refractivity contribution >= 4 is 39.4 Å². The van der Waals surface area contributed by atoms with Crippen molar-refractivity contribution in [2.24, 2.45) is 7.05 Å². The first-order valence-electron chi connectivity index (χ1n) is 9.33. The number of carbonyl (C=O) groups is 1. The monoisotopic (exact) mass is 394 g/mol. The molecule has 28 heavy (non-hydrogen) atoms. The Morgan fingerprint density at radius 3 is 2.71 bits per heavy atom. The molecule has 2 aromatic heterocycles. The molecular formula is C22H23ClN4O. The third-order valence-electron chi connectivity index (χ3n) is 5.42. The average Bonchev–Trinajstić information content (AvgIpc) is 3.13. The first kappa shape index (κ1) is 18.6. The molecule has 0 bridgehead atoms. The second-order valence-corrected chi connectivity index (χ2v) is 7.77. The van der Waals surface area contributed by atoms with Crippen molar-refractivity contribution in [2.45, 2.75) is 27.2 Å². The van der Waals surface area contributed by atoms with Crippen molar-refractivity contribution in [1.82, 2.24) is 19.9 Å². The van der Waals surface area contributed by atoms with Crippen molar-refractivity contribution in [2.75, 3.05) is 6.54 Å². The molecule has 4 rings (SSSR count). The maximum absolute atomic E-state index is 12.8. The lowest BCUT2D eigenvalue weighted by Gasteiger charge is -2.07. The van der Waals surface area contributed by atoms with Crippen molar-refractivity contribution in [1.29, 1.82) is 0 Å². The van der Waals surface area contributed by atoms with E-state index in [1.54, 1.807) is 0 Å². The van der Waals surface area contributed by atoms with Crippen LogP contribution >= 0.6 is 11.6 Å². The van der Waals surface area contributed by atoms with E-state index in [9.17, 15) is 4.79 Å². The summed E-state index contributed by atoms with van der Waals surface area (Å²) in [6.07, 6.45) is 0.646. The number of aromatic nitrogens is 3. The first-order chi connectivity index (χ1) is 13.3. The Bertz CT molecular complexity index is 1180. The molecule has 0 atom stereocenters. The number of H-pyrrole nitrogens is 1. The van der Waals surface area contributed by atoms with E-state index in [1.807, 2.05) is 36.7 Å². The minimum Gasteiger partial charge on any atom is -0.350 e. The molecule has 0 unspecified atom stereocenters. The van der Waals surface area contributed by atoms with Crippen molar-refractivity contribution in [3.63, 3.8) is 0 Å². The first-order valence-corrected chi connectivity index (χ1v) is 9.71. The molecule has 0 saturated carbocycles. The summed E-state index contributed by atoms with van der Waals surface area (Å²) >= 11 is 6.12. The standard InChI is InChI=1S/C22H23ClN4O/c1-12-9-17-18(10-13(12)2)26-20(25-17)7-8-24-22(28)21-14(3)16-11-15(23)5-6-19(16)27(21)4/h5-6,9-11H,7-8H2,1-4H3,(H,24,28)(H,25,26). The fraction of sp³-hybridized carbons (Fsp3) is 0.273. The van der Waals surface area contributed by atoms with Crippen LogP contribution in [0.1, 0.15) is 33.0 Å². The highest BCUT2D eigenvalue weighted by Gasteiger charge is 2.18. The van der Waals surface area contributed by atoms with Gasteiger partial charge in [-0.1, -0.05) is 11.6 Å². The largest absolute Gasteiger partial charge is 0.350 e. The molecule has 6 heteroatoms. The molecule has 2 heterocycles. The van der Waals surface area contributed by atoms with Gasteiger partial charge in [0.05, 0.1) is 11.0 Å². The van der Waals surface area contributed by atoms with Crippen LogP contribution in [0.15, 0.2) is 30.3 Å². The maximum atomic E-state index is 12.8. The molecule has 144 valence electrons. The van der Waals surface area contributed by atoms with Crippen LogP contribution in [0.4, 0.5) is 0 Å². The van der Waals surface area contributed by atoms with Crippen molar-refractivity contribution in [3.8, 4) is 0 Å². The molecule has 0 spiro atoms. The summed E-state index contributed by atoms with van der Waals surface area (Å²) < 4.78 is 1.92. The summed E-state index contributed by atoms with van der Waals surface area (Å²) in [5.41, 5.74) is 7.06. The fourth-order valence-corrected chi connectivity index (χ4v) is 3.91. The van der Waals surface area contributed by atoms with Gasteiger partial charge in [-0.2, -0.15) is 0 Å². The van der Waals surface area contributed by atoms with Gasteiger partial charge < -0.3 is 14.9 Å². The summed E-state index contributed by atoms with van der Waals surface area (Å²) in [7, 11) is 1.90. The second-order valence-electron chi connectivity index (χ2n) is 7.34. The number of hydrogen-bond acceptors (Lipinski definition) is 2. The molecule has 0 aliphatic rings. The van der Waals surface area contributed by atoms with E-state index in [2.05, 4.69) is 41.3 Å². The lowest BCUT2D eigenvalue weighted by molar-refractivity contribution is 0.0945. The minimum atomic E-state index is -0.0878. The van der Waals surface area contributed by atoms with Crippen LogP contribution in [-0.2, 0) is 13.5 Å². The molecule has 1 amide bonds. The number of aryl methyl sites for hydroxylation is 4. The summed E-state index contributed by atoms with van der Waals surface area (Å²) in [4.78, 5) is 20.8. The Hall–Kier alpha value is -2.79.